The Hall–Kier alpha value is -3.33. The molecule has 2 aromatic carbocycles. The van der Waals surface area contributed by atoms with Gasteiger partial charge in [-0.3, -0.25) is 9.59 Å². The van der Waals surface area contributed by atoms with Gasteiger partial charge in [-0.2, -0.15) is 0 Å². The second kappa shape index (κ2) is 9.00. The Bertz CT molecular complexity index is 1050. The van der Waals surface area contributed by atoms with Gasteiger partial charge in [-0.25, -0.2) is 9.69 Å². The number of hydrogen-bond acceptors (Lipinski definition) is 5. The van der Waals surface area contributed by atoms with Crippen molar-refractivity contribution in [1.29, 1.82) is 0 Å². The highest BCUT2D eigenvalue weighted by atomic mass is 79.9. The van der Waals surface area contributed by atoms with Crippen molar-refractivity contribution in [2.24, 2.45) is 0 Å². The average Bonchev–Trinajstić information content (AvgIpc) is 2.95. The van der Waals surface area contributed by atoms with Gasteiger partial charge in [0.05, 0.1) is 18.7 Å². The van der Waals surface area contributed by atoms with Crippen LogP contribution in [0.15, 0.2) is 46.6 Å². The first-order chi connectivity index (χ1) is 14.3. The topological polar surface area (TPSA) is 97.0 Å². The molecule has 156 valence electrons. The molecule has 1 fully saturated rings. The number of amides is 4. The quantitative estimate of drug-likeness (QED) is 0.495. The minimum atomic E-state index is -0.669. The van der Waals surface area contributed by atoms with E-state index in [4.69, 9.17) is 9.47 Å². The molecule has 0 unspecified atom stereocenters. The third kappa shape index (κ3) is 4.62. The largest absolute Gasteiger partial charge is 0.496 e. The van der Waals surface area contributed by atoms with E-state index in [0.29, 0.717) is 27.2 Å². The summed E-state index contributed by atoms with van der Waals surface area (Å²) in [7, 11) is 3.01. The predicted molar refractivity (Wildman–Crippen MR) is 115 cm³/mol. The number of urea groups is 1. The summed E-state index contributed by atoms with van der Waals surface area (Å²) in [5.41, 5.74) is 2.17. The minimum Gasteiger partial charge on any atom is -0.496 e. The zero-order valence-corrected chi connectivity index (χ0v) is 18.2. The van der Waals surface area contributed by atoms with Crippen LogP contribution in [0.4, 0.5) is 10.5 Å². The number of methoxy groups -OCH3 is 2. The average molecular weight is 474 g/mol. The number of rotatable bonds is 6. The Morgan fingerprint density at radius 2 is 1.90 bits per heavy atom. The Balaban J connectivity index is 1.77. The van der Waals surface area contributed by atoms with Crippen LogP contribution in [-0.4, -0.2) is 43.5 Å². The van der Waals surface area contributed by atoms with E-state index in [9.17, 15) is 14.4 Å². The Morgan fingerprint density at radius 3 is 2.57 bits per heavy atom. The van der Waals surface area contributed by atoms with Crippen molar-refractivity contribution < 1.29 is 23.9 Å². The molecule has 0 aromatic heterocycles. The summed E-state index contributed by atoms with van der Waals surface area (Å²) in [6.07, 6.45) is 1.49. The molecule has 2 N–H and O–H groups in total. The standard InChI is InChI=1S/C21H20BrN3O5/c1-12-5-4-6-14(7-12)23-19(26)11-25-20(27)16(24-21(25)28)9-13-8-15(22)18(30-3)10-17(13)29-2/h4-10H,11H2,1-3H3,(H,23,26)(H,24,28)/b16-9+. The van der Waals surface area contributed by atoms with Crippen LogP contribution in [0, 0.1) is 6.92 Å². The van der Waals surface area contributed by atoms with Gasteiger partial charge in [0.2, 0.25) is 5.91 Å². The van der Waals surface area contributed by atoms with E-state index in [-0.39, 0.29) is 5.70 Å². The minimum absolute atomic E-state index is 0.0405. The zero-order chi connectivity index (χ0) is 21.8. The first-order valence-corrected chi connectivity index (χ1v) is 9.74. The molecule has 1 aliphatic heterocycles. The number of aryl methyl sites for hydroxylation is 1. The molecule has 2 aromatic rings. The molecular formula is C21H20BrN3O5. The number of benzene rings is 2. The molecule has 0 radical (unpaired) electrons. The molecule has 0 aliphatic carbocycles. The van der Waals surface area contributed by atoms with Gasteiger partial charge in [-0.15, -0.1) is 0 Å². The number of halogens is 1. The second-order valence-electron chi connectivity index (χ2n) is 6.53. The van der Waals surface area contributed by atoms with E-state index in [0.717, 1.165) is 10.5 Å². The molecule has 1 saturated heterocycles. The van der Waals surface area contributed by atoms with Crippen LogP contribution in [0.3, 0.4) is 0 Å². The lowest BCUT2D eigenvalue weighted by molar-refractivity contribution is -0.127. The summed E-state index contributed by atoms with van der Waals surface area (Å²) in [4.78, 5) is 38.1. The van der Waals surface area contributed by atoms with E-state index in [1.54, 1.807) is 30.3 Å². The smallest absolute Gasteiger partial charge is 0.329 e. The van der Waals surface area contributed by atoms with Crippen molar-refractivity contribution in [2.75, 3.05) is 26.1 Å². The number of ether oxygens (including phenoxy) is 2. The Kier molecular flexibility index (Phi) is 6.41. The normalized spacial score (nSPS) is 14.7. The summed E-state index contributed by atoms with van der Waals surface area (Å²) >= 11 is 3.38. The molecule has 4 amide bonds. The molecule has 8 nitrogen and oxygen atoms in total. The molecule has 1 aliphatic rings. The van der Waals surface area contributed by atoms with Gasteiger partial charge in [0, 0.05) is 17.3 Å². The van der Waals surface area contributed by atoms with Gasteiger partial charge in [0.25, 0.3) is 5.91 Å². The van der Waals surface area contributed by atoms with Gasteiger partial charge in [0.1, 0.15) is 23.7 Å². The van der Waals surface area contributed by atoms with E-state index in [1.807, 2.05) is 13.0 Å². The van der Waals surface area contributed by atoms with Crippen molar-refractivity contribution >= 4 is 45.5 Å². The number of hydrogen-bond donors (Lipinski definition) is 2. The number of carbonyl (C=O) groups excluding carboxylic acids is 3. The first kappa shape index (κ1) is 21.4. The number of imide groups is 1. The van der Waals surface area contributed by atoms with Gasteiger partial charge in [-0.1, -0.05) is 12.1 Å². The highest BCUT2D eigenvalue weighted by Gasteiger charge is 2.35. The predicted octanol–water partition coefficient (Wildman–Crippen LogP) is 3.31. The lowest BCUT2D eigenvalue weighted by Crippen LogP contribution is -2.38. The highest BCUT2D eigenvalue weighted by Crippen LogP contribution is 2.34. The third-order valence-corrected chi connectivity index (χ3v) is 4.99. The fourth-order valence-electron chi connectivity index (χ4n) is 2.93. The monoisotopic (exact) mass is 473 g/mol. The van der Waals surface area contributed by atoms with Crippen LogP contribution in [0.25, 0.3) is 6.08 Å². The summed E-state index contributed by atoms with van der Waals surface area (Å²) < 4.78 is 11.2. The molecule has 3 rings (SSSR count). The molecule has 9 heteroatoms. The summed E-state index contributed by atoms with van der Waals surface area (Å²) in [5, 5.41) is 5.18. The van der Waals surface area contributed by atoms with Crippen molar-refractivity contribution in [2.45, 2.75) is 6.92 Å². The van der Waals surface area contributed by atoms with E-state index >= 15 is 0 Å². The maximum Gasteiger partial charge on any atom is 0.329 e. The van der Waals surface area contributed by atoms with E-state index in [1.165, 1.54) is 20.3 Å². The number of anilines is 1. The van der Waals surface area contributed by atoms with Crippen molar-refractivity contribution in [3.63, 3.8) is 0 Å². The van der Waals surface area contributed by atoms with Crippen LogP contribution < -0.4 is 20.1 Å². The van der Waals surface area contributed by atoms with E-state index in [2.05, 4.69) is 26.6 Å². The molecule has 0 saturated carbocycles. The zero-order valence-electron chi connectivity index (χ0n) is 16.6. The molecule has 0 atom stereocenters. The van der Waals surface area contributed by atoms with Crippen molar-refractivity contribution in [3.8, 4) is 11.5 Å². The lowest BCUT2D eigenvalue weighted by Gasteiger charge is -2.12. The maximum absolute atomic E-state index is 12.7. The van der Waals surface area contributed by atoms with Gasteiger partial charge < -0.3 is 20.1 Å². The second-order valence-corrected chi connectivity index (χ2v) is 7.38. The fraction of sp³-hybridized carbons (Fsp3) is 0.190. The van der Waals surface area contributed by atoms with Gasteiger partial charge >= 0.3 is 6.03 Å². The molecule has 0 bridgehead atoms. The Morgan fingerprint density at radius 1 is 1.17 bits per heavy atom. The summed E-state index contributed by atoms with van der Waals surface area (Å²) in [6, 6.07) is 9.92. The van der Waals surface area contributed by atoms with Crippen LogP contribution in [0.2, 0.25) is 0 Å². The Labute approximate surface area is 182 Å². The van der Waals surface area contributed by atoms with Gasteiger partial charge in [-0.05, 0) is 52.7 Å². The fourth-order valence-corrected chi connectivity index (χ4v) is 3.46. The molecule has 30 heavy (non-hydrogen) atoms. The van der Waals surface area contributed by atoms with Crippen molar-refractivity contribution in [1.82, 2.24) is 10.2 Å². The van der Waals surface area contributed by atoms with Crippen LogP contribution in [0.1, 0.15) is 11.1 Å². The van der Waals surface area contributed by atoms with Crippen LogP contribution in [0.5, 0.6) is 11.5 Å². The number of nitrogens with one attached hydrogen (secondary N) is 2. The molecular weight excluding hydrogens is 454 g/mol. The summed E-state index contributed by atoms with van der Waals surface area (Å²) in [5.74, 6) is -0.0611. The molecule has 1 heterocycles. The molecule has 0 spiro atoms. The number of nitrogens with zero attached hydrogens (tertiary/aromatic N) is 1. The van der Waals surface area contributed by atoms with Crippen LogP contribution >= 0.6 is 15.9 Å². The highest BCUT2D eigenvalue weighted by molar-refractivity contribution is 9.10. The summed E-state index contributed by atoms with van der Waals surface area (Å²) in [6.45, 7) is 1.50. The van der Waals surface area contributed by atoms with Crippen molar-refractivity contribution in [3.05, 3.63) is 57.7 Å². The van der Waals surface area contributed by atoms with Crippen LogP contribution in [-0.2, 0) is 9.59 Å². The third-order valence-electron chi connectivity index (χ3n) is 4.37. The van der Waals surface area contributed by atoms with E-state index < -0.39 is 24.4 Å². The lowest BCUT2D eigenvalue weighted by atomic mass is 10.1. The van der Waals surface area contributed by atoms with Gasteiger partial charge in [0.15, 0.2) is 0 Å². The maximum atomic E-state index is 12.7. The number of carbonyl (C=O) groups is 3. The first-order valence-electron chi connectivity index (χ1n) is 8.95. The SMILES string of the molecule is COc1cc(OC)c(/C=C2/NC(=O)N(CC(=O)Nc3cccc(C)c3)C2=O)cc1Br.